The summed E-state index contributed by atoms with van der Waals surface area (Å²) in [6.45, 7) is 2.67. The second-order valence-corrected chi connectivity index (χ2v) is 6.82. The van der Waals surface area contributed by atoms with Crippen LogP contribution in [0.3, 0.4) is 0 Å². The van der Waals surface area contributed by atoms with Crippen molar-refractivity contribution in [2.45, 2.75) is 13.5 Å². The molecule has 25 heavy (non-hydrogen) atoms. The van der Waals surface area contributed by atoms with E-state index in [4.69, 9.17) is 35.4 Å². The number of halogens is 2. The fourth-order valence-corrected chi connectivity index (χ4v) is 2.78. The van der Waals surface area contributed by atoms with Crippen molar-refractivity contribution in [2.24, 2.45) is 0 Å². The summed E-state index contributed by atoms with van der Waals surface area (Å²) in [7, 11) is 0. The van der Waals surface area contributed by atoms with Crippen LogP contribution >= 0.6 is 35.4 Å². The Balaban J connectivity index is 1.64. The quantitative estimate of drug-likeness (QED) is 0.588. The Morgan fingerprint density at radius 3 is 2.24 bits per heavy atom. The molecule has 4 nitrogen and oxygen atoms in total. The molecular formula is C18H16Cl2N4S. The average molecular weight is 391 g/mol. The SMILES string of the molecule is Cc1cc(NC(=S)Nc2ccc(Cl)cc2)nn1Cc1ccc(Cl)cc1. The van der Waals surface area contributed by atoms with E-state index in [0.717, 1.165) is 22.0 Å². The average Bonchev–Trinajstić information content (AvgIpc) is 2.91. The molecule has 128 valence electrons. The van der Waals surface area contributed by atoms with E-state index in [1.807, 2.05) is 54.1 Å². The van der Waals surface area contributed by atoms with E-state index >= 15 is 0 Å². The van der Waals surface area contributed by atoms with Crippen LogP contribution in [-0.2, 0) is 6.54 Å². The molecule has 2 N–H and O–H groups in total. The maximum atomic E-state index is 5.92. The molecule has 0 amide bonds. The highest BCUT2D eigenvalue weighted by Crippen LogP contribution is 2.16. The summed E-state index contributed by atoms with van der Waals surface area (Å²) < 4.78 is 1.91. The summed E-state index contributed by atoms with van der Waals surface area (Å²) in [4.78, 5) is 0. The van der Waals surface area contributed by atoms with Crippen molar-refractivity contribution in [3.63, 3.8) is 0 Å². The lowest BCUT2D eigenvalue weighted by Gasteiger charge is -2.08. The van der Waals surface area contributed by atoms with Crippen LogP contribution in [0.2, 0.25) is 10.0 Å². The van der Waals surface area contributed by atoms with Gasteiger partial charge >= 0.3 is 0 Å². The van der Waals surface area contributed by atoms with Crippen LogP contribution in [0.5, 0.6) is 0 Å². The van der Waals surface area contributed by atoms with Gasteiger partial charge in [0.05, 0.1) is 6.54 Å². The zero-order chi connectivity index (χ0) is 17.8. The van der Waals surface area contributed by atoms with E-state index < -0.39 is 0 Å². The molecule has 0 atom stereocenters. The van der Waals surface area contributed by atoms with Gasteiger partial charge < -0.3 is 10.6 Å². The number of anilines is 2. The maximum Gasteiger partial charge on any atom is 0.176 e. The predicted molar refractivity (Wildman–Crippen MR) is 109 cm³/mol. The molecule has 0 bridgehead atoms. The fraction of sp³-hybridized carbons (Fsp3) is 0.111. The van der Waals surface area contributed by atoms with Crippen molar-refractivity contribution in [2.75, 3.05) is 10.6 Å². The van der Waals surface area contributed by atoms with Crippen LogP contribution in [-0.4, -0.2) is 14.9 Å². The molecule has 0 aliphatic heterocycles. The third-order valence-electron chi connectivity index (χ3n) is 3.57. The minimum absolute atomic E-state index is 0.471. The largest absolute Gasteiger partial charge is 0.332 e. The van der Waals surface area contributed by atoms with Gasteiger partial charge in [-0.3, -0.25) is 4.68 Å². The van der Waals surface area contributed by atoms with Crippen LogP contribution in [0.25, 0.3) is 0 Å². The molecule has 0 aliphatic carbocycles. The molecule has 0 fully saturated rings. The van der Waals surface area contributed by atoms with Gasteiger partial charge in [-0.15, -0.1) is 0 Å². The van der Waals surface area contributed by atoms with Gasteiger partial charge in [-0.2, -0.15) is 5.10 Å². The first-order valence-corrected chi connectivity index (χ1v) is 8.78. The van der Waals surface area contributed by atoms with Crippen molar-refractivity contribution < 1.29 is 0 Å². The Kier molecular flexibility index (Phi) is 5.58. The molecule has 0 saturated heterocycles. The Hall–Kier alpha value is -2.08. The lowest BCUT2D eigenvalue weighted by Crippen LogP contribution is -2.19. The standard InChI is InChI=1S/C18H16Cl2N4S/c1-12-10-17(22-18(25)21-16-8-6-15(20)7-9-16)23-24(12)11-13-2-4-14(19)5-3-13/h2-10H,11H2,1H3,(H2,21,22,23,25). The smallest absolute Gasteiger partial charge is 0.176 e. The summed E-state index contributed by atoms with van der Waals surface area (Å²) in [5, 5.41) is 12.6. The van der Waals surface area contributed by atoms with Gasteiger partial charge in [-0.1, -0.05) is 35.3 Å². The molecule has 0 saturated carbocycles. The van der Waals surface area contributed by atoms with E-state index in [2.05, 4.69) is 15.7 Å². The monoisotopic (exact) mass is 390 g/mol. The number of nitrogens with zero attached hydrogens (tertiary/aromatic N) is 2. The molecule has 3 aromatic rings. The van der Waals surface area contributed by atoms with E-state index in [-0.39, 0.29) is 0 Å². The Morgan fingerprint density at radius 2 is 1.60 bits per heavy atom. The zero-order valence-corrected chi connectivity index (χ0v) is 15.8. The highest BCUT2D eigenvalue weighted by molar-refractivity contribution is 7.80. The first kappa shape index (κ1) is 17.7. The molecular weight excluding hydrogens is 375 g/mol. The zero-order valence-electron chi connectivity index (χ0n) is 13.5. The Bertz CT molecular complexity index is 873. The molecule has 1 aromatic heterocycles. The summed E-state index contributed by atoms with van der Waals surface area (Å²) in [5.74, 6) is 0.693. The van der Waals surface area contributed by atoms with Crippen molar-refractivity contribution in [3.8, 4) is 0 Å². The number of hydrogen-bond acceptors (Lipinski definition) is 2. The van der Waals surface area contributed by atoms with Crippen molar-refractivity contribution >= 4 is 52.0 Å². The normalized spacial score (nSPS) is 10.5. The van der Waals surface area contributed by atoms with Gasteiger partial charge in [-0.05, 0) is 61.1 Å². The predicted octanol–water partition coefficient (Wildman–Crippen LogP) is 5.36. The second kappa shape index (κ2) is 7.87. The fourth-order valence-electron chi connectivity index (χ4n) is 2.31. The lowest BCUT2D eigenvalue weighted by molar-refractivity contribution is 0.668. The molecule has 1 heterocycles. The molecule has 7 heteroatoms. The number of nitrogens with one attached hydrogen (secondary N) is 2. The Labute approximate surface area is 161 Å². The minimum atomic E-state index is 0.471. The molecule has 3 rings (SSSR count). The second-order valence-electron chi connectivity index (χ2n) is 5.54. The van der Waals surface area contributed by atoms with Gasteiger partial charge in [0.25, 0.3) is 0 Å². The topological polar surface area (TPSA) is 41.9 Å². The van der Waals surface area contributed by atoms with Gasteiger partial charge in [-0.25, -0.2) is 0 Å². The number of rotatable bonds is 4. The van der Waals surface area contributed by atoms with E-state index in [1.165, 1.54) is 0 Å². The van der Waals surface area contributed by atoms with Crippen LogP contribution < -0.4 is 10.6 Å². The highest BCUT2D eigenvalue weighted by Gasteiger charge is 2.07. The van der Waals surface area contributed by atoms with Crippen LogP contribution in [0.15, 0.2) is 54.6 Å². The Morgan fingerprint density at radius 1 is 1.00 bits per heavy atom. The van der Waals surface area contributed by atoms with Gasteiger partial charge in [0.15, 0.2) is 10.9 Å². The molecule has 2 aromatic carbocycles. The van der Waals surface area contributed by atoms with Gasteiger partial charge in [0.1, 0.15) is 0 Å². The number of hydrogen-bond donors (Lipinski definition) is 2. The van der Waals surface area contributed by atoms with E-state index in [9.17, 15) is 0 Å². The first-order chi connectivity index (χ1) is 12.0. The van der Waals surface area contributed by atoms with Crippen molar-refractivity contribution in [1.29, 1.82) is 0 Å². The van der Waals surface area contributed by atoms with Crippen LogP contribution in [0, 0.1) is 6.92 Å². The minimum Gasteiger partial charge on any atom is -0.332 e. The van der Waals surface area contributed by atoms with Crippen LogP contribution in [0.4, 0.5) is 11.5 Å². The lowest BCUT2D eigenvalue weighted by atomic mass is 10.2. The molecule has 0 aliphatic rings. The summed E-state index contributed by atoms with van der Waals surface area (Å²) in [5.41, 5.74) is 3.02. The number of thiocarbonyl (C=S) groups is 1. The summed E-state index contributed by atoms with van der Waals surface area (Å²) in [6.07, 6.45) is 0. The number of aromatic nitrogens is 2. The van der Waals surface area contributed by atoms with E-state index in [1.54, 1.807) is 12.1 Å². The molecule has 0 spiro atoms. The van der Waals surface area contributed by atoms with Crippen LogP contribution in [0.1, 0.15) is 11.3 Å². The summed E-state index contributed by atoms with van der Waals surface area (Å²) in [6, 6.07) is 17.0. The highest BCUT2D eigenvalue weighted by atomic mass is 35.5. The van der Waals surface area contributed by atoms with Gasteiger partial charge in [0.2, 0.25) is 0 Å². The van der Waals surface area contributed by atoms with Crippen molar-refractivity contribution in [3.05, 3.63) is 75.9 Å². The van der Waals surface area contributed by atoms with Gasteiger partial charge in [0, 0.05) is 27.5 Å². The van der Waals surface area contributed by atoms with Crippen molar-refractivity contribution in [1.82, 2.24) is 9.78 Å². The first-order valence-electron chi connectivity index (χ1n) is 7.62. The van der Waals surface area contributed by atoms with E-state index in [0.29, 0.717) is 22.5 Å². The number of aryl methyl sites for hydroxylation is 1. The summed E-state index contributed by atoms with van der Waals surface area (Å²) >= 11 is 17.1. The molecule has 0 unspecified atom stereocenters. The maximum absolute atomic E-state index is 5.92. The number of benzene rings is 2. The molecule has 0 radical (unpaired) electrons. The third-order valence-corrected chi connectivity index (χ3v) is 4.28. The third kappa shape index (κ3) is 4.95.